The quantitative estimate of drug-likeness (QED) is 0.818. The Hall–Kier alpha value is -0.0800. The molecule has 0 aromatic heterocycles. The van der Waals surface area contributed by atoms with E-state index in [-0.39, 0.29) is 12.2 Å². The number of hydrogen-bond donors (Lipinski definition) is 2. The molecular formula is C17H32O2. The van der Waals surface area contributed by atoms with Gasteiger partial charge in [-0.3, -0.25) is 0 Å². The average molecular weight is 268 g/mol. The van der Waals surface area contributed by atoms with Gasteiger partial charge in [-0.15, -0.1) is 0 Å². The SMILES string of the molecule is CC(CC1C[C@H](O)[C@H](C(C)C)C1)C1CCCCC1O. The van der Waals surface area contributed by atoms with Gasteiger partial charge < -0.3 is 10.2 Å². The van der Waals surface area contributed by atoms with Crippen molar-refractivity contribution in [3.63, 3.8) is 0 Å². The fraction of sp³-hybridized carbons (Fsp3) is 1.00. The minimum Gasteiger partial charge on any atom is -0.393 e. The molecular weight excluding hydrogens is 236 g/mol. The highest BCUT2D eigenvalue weighted by Crippen LogP contribution is 2.42. The third kappa shape index (κ3) is 3.72. The summed E-state index contributed by atoms with van der Waals surface area (Å²) in [7, 11) is 0. The van der Waals surface area contributed by atoms with Crippen molar-refractivity contribution in [2.75, 3.05) is 0 Å². The average Bonchev–Trinajstić information content (AvgIpc) is 2.70. The van der Waals surface area contributed by atoms with Crippen LogP contribution >= 0.6 is 0 Å². The van der Waals surface area contributed by atoms with E-state index in [0.717, 1.165) is 12.8 Å². The lowest BCUT2D eigenvalue weighted by Crippen LogP contribution is -2.30. The predicted octanol–water partition coefficient (Wildman–Crippen LogP) is 3.61. The molecule has 0 bridgehead atoms. The molecule has 2 nitrogen and oxygen atoms in total. The topological polar surface area (TPSA) is 40.5 Å². The van der Waals surface area contributed by atoms with Crippen LogP contribution < -0.4 is 0 Å². The van der Waals surface area contributed by atoms with Gasteiger partial charge in [0, 0.05) is 0 Å². The first-order valence-electron chi connectivity index (χ1n) is 8.35. The van der Waals surface area contributed by atoms with Gasteiger partial charge in [0.05, 0.1) is 12.2 Å². The molecule has 0 radical (unpaired) electrons. The molecule has 2 N–H and O–H groups in total. The third-order valence-electron chi connectivity index (χ3n) is 5.75. The van der Waals surface area contributed by atoms with Crippen molar-refractivity contribution in [1.82, 2.24) is 0 Å². The van der Waals surface area contributed by atoms with Gasteiger partial charge in [0.25, 0.3) is 0 Å². The highest BCUT2D eigenvalue weighted by Gasteiger charge is 2.37. The lowest BCUT2D eigenvalue weighted by Gasteiger charge is -2.33. The monoisotopic (exact) mass is 268 g/mol. The summed E-state index contributed by atoms with van der Waals surface area (Å²) in [5.74, 6) is 2.87. The van der Waals surface area contributed by atoms with Gasteiger partial charge in [-0.25, -0.2) is 0 Å². The normalized spacial score (nSPS) is 41.7. The standard InChI is InChI=1S/C17H32O2/c1-11(2)15-9-13(10-17(15)19)8-12(3)14-6-4-5-7-16(14)18/h11-19H,4-10H2,1-3H3/t12?,13?,14?,15-,16?,17-/m0/s1. The molecule has 2 fully saturated rings. The Morgan fingerprint density at radius 1 is 0.895 bits per heavy atom. The highest BCUT2D eigenvalue weighted by atomic mass is 16.3. The molecule has 0 spiro atoms. The summed E-state index contributed by atoms with van der Waals surface area (Å²) in [5, 5.41) is 20.3. The van der Waals surface area contributed by atoms with Gasteiger partial charge in [-0.1, -0.05) is 33.6 Å². The third-order valence-corrected chi connectivity index (χ3v) is 5.75. The van der Waals surface area contributed by atoms with Gasteiger partial charge in [0.1, 0.15) is 0 Å². The van der Waals surface area contributed by atoms with Gasteiger partial charge >= 0.3 is 0 Å². The van der Waals surface area contributed by atoms with Crippen LogP contribution in [0.4, 0.5) is 0 Å². The van der Waals surface area contributed by atoms with Crippen molar-refractivity contribution in [2.45, 2.75) is 77.9 Å². The van der Waals surface area contributed by atoms with Gasteiger partial charge in [-0.2, -0.15) is 0 Å². The maximum atomic E-state index is 10.2. The Kier molecular flexibility index (Phi) is 5.30. The molecule has 0 aliphatic heterocycles. The van der Waals surface area contributed by atoms with Gasteiger partial charge in [0.2, 0.25) is 0 Å². The minimum atomic E-state index is -0.0894. The molecule has 0 amide bonds. The second-order valence-corrected chi connectivity index (χ2v) is 7.54. The van der Waals surface area contributed by atoms with Crippen molar-refractivity contribution >= 4 is 0 Å². The van der Waals surface area contributed by atoms with Crippen LogP contribution in [0.1, 0.15) is 65.7 Å². The van der Waals surface area contributed by atoms with E-state index in [1.807, 2.05) is 0 Å². The summed E-state index contributed by atoms with van der Waals surface area (Å²) < 4.78 is 0. The Labute approximate surface area is 118 Å². The van der Waals surface area contributed by atoms with Crippen LogP contribution in [0.3, 0.4) is 0 Å². The van der Waals surface area contributed by atoms with E-state index in [4.69, 9.17) is 0 Å². The van der Waals surface area contributed by atoms with E-state index in [1.54, 1.807) is 0 Å². The summed E-state index contributed by atoms with van der Waals surface area (Å²) >= 11 is 0. The minimum absolute atomic E-state index is 0.0732. The Morgan fingerprint density at radius 3 is 2.16 bits per heavy atom. The summed E-state index contributed by atoms with van der Waals surface area (Å²) in [4.78, 5) is 0. The Balaban J connectivity index is 1.84. The van der Waals surface area contributed by atoms with Crippen molar-refractivity contribution in [3.05, 3.63) is 0 Å². The van der Waals surface area contributed by atoms with Crippen LogP contribution in [0.5, 0.6) is 0 Å². The molecule has 4 unspecified atom stereocenters. The van der Waals surface area contributed by atoms with Crippen molar-refractivity contribution in [1.29, 1.82) is 0 Å². The Morgan fingerprint density at radius 2 is 1.58 bits per heavy atom. The second kappa shape index (κ2) is 6.58. The van der Waals surface area contributed by atoms with Crippen LogP contribution in [0.25, 0.3) is 0 Å². The molecule has 0 aromatic carbocycles. The first kappa shape index (κ1) is 15.3. The molecule has 112 valence electrons. The zero-order valence-corrected chi connectivity index (χ0v) is 12.9. The predicted molar refractivity (Wildman–Crippen MR) is 78.8 cm³/mol. The number of rotatable bonds is 4. The highest BCUT2D eigenvalue weighted by molar-refractivity contribution is 4.87. The van der Waals surface area contributed by atoms with Gasteiger partial charge in [-0.05, 0) is 61.7 Å². The van der Waals surface area contributed by atoms with Crippen LogP contribution in [0, 0.1) is 29.6 Å². The lowest BCUT2D eigenvalue weighted by molar-refractivity contribution is 0.0342. The molecule has 2 rings (SSSR count). The largest absolute Gasteiger partial charge is 0.393 e. The second-order valence-electron chi connectivity index (χ2n) is 7.54. The fourth-order valence-electron chi connectivity index (χ4n) is 4.57. The van der Waals surface area contributed by atoms with Gasteiger partial charge in [0.15, 0.2) is 0 Å². The molecule has 2 heteroatoms. The molecule has 2 aliphatic carbocycles. The van der Waals surface area contributed by atoms with E-state index in [2.05, 4.69) is 20.8 Å². The van der Waals surface area contributed by atoms with E-state index < -0.39 is 0 Å². The molecule has 0 aromatic rings. The summed E-state index contributed by atoms with van der Waals surface area (Å²) in [6, 6.07) is 0. The zero-order valence-electron chi connectivity index (χ0n) is 12.9. The molecule has 19 heavy (non-hydrogen) atoms. The zero-order chi connectivity index (χ0) is 14.0. The van der Waals surface area contributed by atoms with Crippen LogP contribution in [-0.2, 0) is 0 Å². The summed E-state index contributed by atoms with van der Waals surface area (Å²) in [6.45, 7) is 6.77. The van der Waals surface area contributed by atoms with Crippen molar-refractivity contribution in [2.24, 2.45) is 29.6 Å². The summed E-state index contributed by atoms with van der Waals surface area (Å²) in [5.41, 5.74) is 0. The first-order chi connectivity index (χ1) is 8.99. The van der Waals surface area contributed by atoms with Crippen LogP contribution in [0.15, 0.2) is 0 Å². The van der Waals surface area contributed by atoms with E-state index in [0.29, 0.717) is 29.6 Å². The number of aliphatic hydroxyl groups is 2. The lowest BCUT2D eigenvalue weighted by atomic mass is 9.75. The van der Waals surface area contributed by atoms with Crippen LogP contribution in [-0.4, -0.2) is 22.4 Å². The molecule has 0 heterocycles. The molecule has 2 saturated carbocycles. The molecule has 2 aliphatic rings. The maximum absolute atomic E-state index is 10.2. The van der Waals surface area contributed by atoms with Crippen molar-refractivity contribution in [3.8, 4) is 0 Å². The van der Waals surface area contributed by atoms with E-state index in [9.17, 15) is 10.2 Å². The Bertz CT molecular complexity index is 276. The first-order valence-corrected chi connectivity index (χ1v) is 8.35. The maximum Gasteiger partial charge on any atom is 0.0573 e. The van der Waals surface area contributed by atoms with E-state index >= 15 is 0 Å². The van der Waals surface area contributed by atoms with Crippen LogP contribution in [0.2, 0.25) is 0 Å². The number of aliphatic hydroxyl groups excluding tert-OH is 2. The number of hydrogen-bond acceptors (Lipinski definition) is 2. The molecule has 0 saturated heterocycles. The van der Waals surface area contributed by atoms with Crippen molar-refractivity contribution < 1.29 is 10.2 Å². The summed E-state index contributed by atoms with van der Waals surface area (Å²) in [6.07, 6.45) is 7.88. The fourth-order valence-corrected chi connectivity index (χ4v) is 4.57. The van der Waals surface area contributed by atoms with E-state index in [1.165, 1.54) is 32.1 Å². The molecule has 6 atom stereocenters. The smallest absolute Gasteiger partial charge is 0.0573 e.